The van der Waals surface area contributed by atoms with Crippen LogP contribution < -0.4 is 10.1 Å². The summed E-state index contributed by atoms with van der Waals surface area (Å²) in [7, 11) is 0. The molecule has 1 aliphatic rings. The number of carbonyl (C=O) groups excluding carboxylic acids is 1. The fourth-order valence-electron chi connectivity index (χ4n) is 3.60. The number of hydrogen-bond acceptors (Lipinski definition) is 3. The predicted octanol–water partition coefficient (Wildman–Crippen LogP) is 4.78. The molecule has 0 radical (unpaired) electrons. The van der Waals surface area contributed by atoms with Gasteiger partial charge < -0.3 is 10.1 Å². The van der Waals surface area contributed by atoms with Crippen LogP contribution in [0, 0.1) is 25.5 Å². The maximum Gasteiger partial charge on any atom is 0.255 e. The lowest BCUT2D eigenvalue weighted by Crippen LogP contribution is -2.32. The molecule has 3 aromatic rings. The minimum Gasteiger partial charge on any atom is -0.493 e. The second-order valence-electron chi connectivity index (χ2n) is 6.90. The fourth-order valence-corrected chi connectivity index (χ4v) is 3.98. The molecule has 29 heavy (non-hydrogen) atoms. The largest absolute Gasteiger partial charge is 0.493 e. The lowest BCUT2D eigenvalue weighted by molar-refractivity contribution is 0.0923. The Bertz CT molecular complexity index is 1110. The molecule has 0 saturated heterocycles. The molecular weight excluding hydrogens is 444 g/mol. The molecule has 5 nitrogen and oxygen atoms in total. The second-order valence-corrected chi connectivity index (χ2v) is 7.81. The molecule has 1 aliphatic heterocycles. The van der Waals surface area contributed by atoms with Crippen LogP contribution in [-0.4, -0.2) is 22.3 Å². The van der Waals surface area contributed by atoms with Gasteiger partial charge in [-0.1, -0.05) is 15.9 Å². The topological polar surface area (TPSA) is 56.2 Å². The highest BCUT2D eigenvalue weighted by Gasteiger charge is 2.27. The van der Waals surface area contributed by atoms with Crippen LogP contribution in [0.25, 0.3) is 5.69 Å². The van der Waals surface area contributed by atoms with Gasteiger partial charge in [0.2, 0.25) is 0 Å². The number of nitrogens with zero attached hydrogens (tertiary/aromatic N) is 2. The number of rotatable bonds is 3. The molecule has 8 heteroatoms. The van der Waals surface area contributed by atoms with Crippen molar-refractivity contribution in [2.45, 2.75) is 26.3 Å². The third kappa shape index (κ3) is 3.64. The van der Waals surface area contributed by atoms with Gasteiger partial charge in [0.1, 0.15) is 17.3 Å². The van der Waals surface area contributed by atoms with E-state index in [1.807, 2.05) is 18.2 Å². The number of halogens is 3. The number of benzene rings is 2. The van der Waals surface area contributed by atoms with Gasteiger partial charge in [-0.2, -0.15) is 5.10 Å². The van der Waals surface area contributed by atoms with E-state index in [4.69, 9.17) is 4.74 Å². The zero-order valence-electron chi connectivity index (χ0n) is 15.8. The number of aromatic nitrogens is 2. The van der Waals surface area contributed by atoms with Gasteiger partial charge in [-0.15, -0.1) is 0 Å². The summed E-state index contributed by atoms with van der Waals surface area (Å²) in [6.07, 6.45) is 0.633. The lowest BCUT2D eigenvalue weighted by atomic mass is 10.00. The van der Waals surface area contributed by atoms with Crippen LogP contribution in [0.3, 0.4) is 0 Å². The number of ether oxygens (including phenoxy) is 1. The van der Waals surface area contributed by atoms with E-state index in [1.54, 1.807) is 13.8 Å². The van der Waals surface area contributed by atoms with E-state index in [0.29, 0.717) is 30.0 Å². The standard InChI is InChI=1S/C21H18BrF2N3O2/c1-11-20(12(2)27(26-11)18-5-4-14(23)10-16(18)24)21(28)25-17-7-8-29-19-6-3-13(22)9-15(17)19/h3-6,9-10,17H,7-8H2,1-2H3,(H,25,28). The average molecular weight is 462 g/mol. The third-order valence-corrected chi connectivity index (χ3v) is 5.47. The first-order valence-corrected chi connectivity index (χ1v) is 9.89. The molecule has 1 aromatic heterocycles. The zero-order valence-corrected chi connectivity index (χ0v) is 17.4. The number of nitrogens with one attached hydrogen (secondary N) is 1. The van der Waals surface area contributed by atoms with Crippen LogP contribution in [-0.2, 0) is 0 Å². The normalized spacial score (nSPS) is 15.6. The average Bonchev–Trinajstić information content (AvgIpc) is 2.96. The first-order valence-electron chi connectivity index (χ1n) is 9.10. The molecule has 2 heterocycles. The molecular formula is C21H18BrF2N3O2. The van der Waals surface area contributed by atoms with Crippen LogP contribution in [0.15, 0.2) is 40.9 Å². The lowest BCUT2D eigenvalue weighted by Gasteiger charge is -2.27. The molecule has 150 valence electrons. The molecule has 2 aromatic carbocycles. The van der Waals surface area contributed by atoms with Crippen LogP contribution in [0.2, 0.25) is 0 Å². The van der Waals surface area contributed by atoms with E-state index < -0.39 is 11.6 Å². The summed E-state index contributed by atoms with van der Waals surface area (Å²) >= 11 is 3.45. The SMILES string of the molecule is Cc1nn(-c2ccc(F)cc2F)c(C)c1C(=O)NC1CCOc2ccc(Br)cc21. The summed E-state index contributed by atoms with van der Waals surface area (Å²) in [4.78, 5) is 13.1. The minimum absolute atomic E-state index is 0.0893. The highest BCUT2D eigenvalue weighted by molar-refractivity contribution is 9.10. The molecule has 0 spiro atoms. The van der Waals surface area contributed by atoms with E-state index in [1.165, 1.54) is 10.7 Å². The van der Waals surface area contributed by atoms with E-state index >= 15 is 0 Å². The Hall–Kier alpha value is -2.74. The van der Waals surface area contributed by atoms with Crippen molar-refractivity contribution in [1.82, 2.24) is 15.1 Å². The van der Waals surface area contributed by atoms with Gasteiger partial charge in [-0.3, -0.25) is 4.79 Å². The highest BCUT2D eigenvalue weighted by atomic mass is 79.9. The Kier molecular flexibility index (Phi) is 5.12. The van der Waals surface area contributed by atoms with Crippen molar-refractivity contribution in [2.75, 3.05) is 6.61 Å². The summed E-state index contributed by atoms with van der Waals surface area (Å²) < 4.78 is 35.3. The van der Waals surface area contributed by atoms with Gasteiger partial charge >= 0.3 is 0 Å². The molecule has 0 bridgehead atoms. The smallest absolute Gasteiger partial charge is 0.255 e. The fraction of sp³-hybridized carbons (Fsp3) is 0.238. The second kappa shape index (κ2) is 7.59. The third-order valence-electron chi connectivity index (χ3n) is 4.97. The van der Waals surface area contributed by atoms with E-state index in [-0.39, 0.29) is 17.6 Å². The van der Waals surface area contributed by atoms with E-state index in [2.05, 4.69) is 26.3 Å². The molecule has 0 aliphatic carbocycles. The highest BCUT2D eigenvalue weighted by Crippen LogP contribution is 2.34. The number of hydrogen-bond donors (Lipinski definition) is 1. The van der Waals surface area contributed by atoms with Gasteiger partial charge in [-0.05, 0) is 44.2 Å². The van der Waals surface area contributed by atoms with Crippen molar-refractivity contribution in [3.8, 4) is 11.4 Å². The van der Waals surface area contributed by atoms with Crippen LogP contribution >= 0.6 is 15.9 Å². The summed E-state index contributed by atoms with van der Waals surface area (Å²) in [6, 6.07) is 8.72. The van der Waals surface area contributed by atoms with Gasteiger partial charge in [0.05, 0.1) is 29.6 Å². The van der Waals surface area contributed by atoms with Gasteiger partial charge in [0.15, 0.2) is 5.82 Å². The quantitative estimate of drug-likeness (QED) is 0.610. The van der Waals surface area contributed by atoms with Crippen molar-refractivity contribution in [3.05, 3.63) is 75.0 Å². The zero-order chi connectivity index (χ0) is 20.7. The molecule has 4 rings (SSSR count). The summed E-state index contributed by atoms with van der Waals surface area (Å²) in [6.45, 7) is 3.87. The first kappa shape index (κ1) is 19.6. The number of aryl methyl sites for hydroxylation is 1. The van der Waals surface area contributed by atoms with Crippen molar-refractivity contribution in [2.24, 2.45) is 0 Å². The number of fused-ring (bicyclic) bond motifs is 1. The predicted molar refractivity (Wildman–Crippen MR) is 107 cm³/mol. The Morgan fingerprint density at radius 1 is 1.24 bits per heavy atom. The number of carbonyl (C=O) groups is 1. The minimum atomic E-state index is -0.745. The van der Waals surface area contributed by atoms with Crippen molar-refractivity contribution in [1.29, 1.82) is 0 Å². The monoisotopic (exact) mass is 461 g/mol. The molecule has 1 atom stereocenters. The van der Waals surface area contributed by atoms with E-state index in [9.17, 15) is 13.6 Å². The van der Waals surface area contributed by atoms with Gasteiger partial charge in [0, 0.05) is 22.5 Å². The van der Waals surface area contributed by atoms with Crippen molar-refractivity contribution >= 4 is 21.8 Å². The van der Waals surface area contributed by atoms with Crippen LogP contribution in [0.4, 0.5) is 8.78 Å². The Labute approximate surface area is 174 Å². The summed E-state index contributed by atoms with van der Waals surface area (Å²) in [5.41, 5.74) is 2.30. The Morgan fingerprint density at radius 2 is 2.03 bits per heavy atom. The molecule has 0 saturated carbocycles. The van der Waals surface area contributed by atoms with Gasteiger partial charge in [-0.25, -0.2) is 13.5 Å². The Balaban J connectivity index is 1.66. The van der Waals surface area contributed by atoms with Gasteiger partial charge in [0.25, 0.3) is 5.91 Å². The number of amides is 1. The Morgan fingerprint density at radius 3 is 2.79 bits per heavy atom. The molecule has 0 fully saturated rings. The molecule has 1 N–H and O–H groups in total. The maximum atomic E-state index is 14.2. The molecule has 1 unspecified atom stereocenters. The maximum absolute atomic E-state index is 14.2. The first-order chi connectivity index (χ1) is 13.8. The van der Waals surface area contributed by atoms with Crippen molar-refractivity contribution in [3.63, 3.8) is 0 Å². The van der Waals surface area contributed by atoms with Crippen LogP contribution in [0.1, 0.15) is 39.8 Å². The van der Waals surface area contributed by atoms with Crippen molar-refractivity contribution < 1.29 is 18.3 Å². The van der Waals surface area contributed by atoms with E-state index in [0.717, 1.165) is 27.9 Å². The summed E-state index contributed by atoms with van der Waals surface area (Å²) in [5, 5.41) is 7.35. The van der Waals surface area contributed by atoms with Crippen LogP contribution in [0.5, 0.6) is 5.75 Å². The molecule has 1 amide bonds. The summed E-state index contributed by atoms with van der Waals surface area (Å²) in [5.74, 6) is -0.977.